The number of fused-ring (bicyclic) bond motifs is 15. The molecule has 0 N–H and O–H groups in total. The van der Waals surface area contributed by atoms with Crippen molar-refractivity contribution in [3.8, 4) is 11.1 Å². The van der Waals surface area contributed by atoms with E-state index in [1.54, 1.807) is 11.1 Å². The second kappa shape index (κ2) is 11.5. The fourth-order valence-corrected chi connectivity index (χ4v) is 17.5. The molecule has 2 atom stereocenters. The van der Waals surface area contributed by atoms with Crippen molar-refractivity contribution in [3.05, 3.63) is 125 Å². The van der Waals surface area contributed by atoms with Gasteiger partial charge in [0.15, 0.2) is 0 Å². The zero-order chi connectivity index (χ0) is 41.3. The standard InChI is InChI=1S/C59H55BN2O/c1-4-58(28-33-16-17-34(20-33)29-58)38-18-19-48-41(24-38)42-25-39(59-30-35-21-36(31-59)23-37(22-35)32-59)26-44-52-53-50(27-43-40-10-5-8-15-51(40)63-56(43)52)61-49-14-7-6-11-45(49)57(2,3)46-12-9-13-47(55(46)61)60(53)62(48)54(42)44/h5-15,18-19,24-27,33-37H,4,16-17,20-23,28-32H2,1-3H3. The molecule has 63 heavy (non-hydrogen) atoms. The number of hydrogen-bond acceptors (Lipinski definition) is 2. The molecule has 0 radical (unpaired) electrons. The highest BCUT2D eigenvalue weighted by Crippen LogP contribution is 2.63. The Morgan fingerprint density at radius 1 is 0.635 bits per heavy atom. The van der Waals surface area contributed by atoms with Crippen molar-refractivity contribution < 1.29 is 4.42 Å². The third-order valence-corrected chi connectivity index (χ3v) is 19.7. The first-order valence-corrected chi connectivity index (χ1v) is 24.9. The fraction of sp³-hybridized carbons (Fsp3) is 0.390. The Kier molecular flexibility index (Phi) is 6.44. The maximum atomic E-state index is 7.25. The summed E-state index contributed by atoms with van der Waals surface area (Å²) in [6, 6.07) is 41.3. The van der Waals surface area contributed by atoms with E-state index in [2.05, 4.69) is 133 Å². The molecule has 0 amide bonds. The molecule has 6 aliphatic carbocycles. The number of hydrogen-bond donors (Lipinski definition) is 0. The lowest BCUT2D eigenvalue weighted by atomic mass is 9.44. The number of benzene rings is 6. The van der Waals surface area contributed by atoms with Gasteiger partial charge in [0.1, 0.15) is 11.2 Å². The average molecular weight is 819 g/mol. The number of aromatic nitrogens is 1. The minimum absolute atomic E-state index is 0.00860. The largest absolute Gasteiger partial charge is 0.455 e. The SMILES string of the molecule is CCC1(c2ccc3c(c2)c2cc(C45CC6CC(CC(C6)C4)C5)cc4c2n3B2c3cccc5c3N(c3ccccc3C5(C)C)c3cc5c(oc6ccccc65)c-4c32)CC2CCC(C2)C1. The predicted octanol–water partition coefficient (Wildman–Crippen LogP) is 14.1. The van der Waals surface area contributed by atoms with Gasteiger partial charge in [0.05, 0.1) is 5.69 Å². The first-order chi connectivity index (χ1) is 30.8. The molecule has 5 heterocycles. The van der Waals surface area contributed by atoms with Gasteiger partial charge in [-0.15, -0.1) is 0 Å². The third kappa shape index (κ3) is 4.23. The molecule has 6 bridgehead atoms. The van der Waals surface area contributed by atoms with Crippen LogP contribution in [0.4, 0.5) is 17.1 Å². The van der Waals surface area contributed by atoms with Crippen molar-refractivity contribution in [2.24, 2.45) is 29.6 Å². The summed E-state index contributed by atoms with van der Waals surface area (Å²) < 4.78 is 10.1. The molecule has 0 spiro atoms. The van der Waals surface area contributed by atoms with Crippen molar-refractivity contribution >= 4 is 78.6 Å². The number of furan rings is 1. The maximum absolute atomic E-state index is 7.25. The van der Waals surface area contributed by atoms with Crippen LogP contribution in [-0.2, 0) is 16.2 Å². The first kappa shape index (κ1) is 35.2. The lowest BCUT2D eigenvalue weighted by molar-refractivity contribution is -0.00511. The van der Waals surface area contributed by atoms with Crippen LogP contribution in [0.15, 0.2) is 108 Å². The fourth-order valence-electron chi connectivity index (χ4n) is 17.5. The van der Waals surface area contributed by atoms with E-state index in [4.69, 9.17) is 4.42 Å². The summed E-state index contributed by atoms with van der Waals surface area (Å²) in [5.41, 5.74) is 20.8. The molecule has 9 aliphatic rings. The molecule has 8 aromatic rings. The third-order valence-electron chi connectivity index (χ3n) is 19.7. The summed E-state index contributed by atoms with van der Waals surface area (Å²) in [6.45, 7) is 7.40. The van der Waals surface area contributed by atoms with Crippen LogP contribution in [0.2, 0.25) is 0 Å². The number of nitrogens with zero attached hydrogens (tertiary/aromatic N) is 2. The Morgan fingerprint density at radius 3 is 2.14 bits per heavy atom. The lowest BCUT2D eigenvalue weighted by Gasteiger charge is -2.57. The predicted molar refractivity (Wildman–Crippen MR) is 261 cm³/mol. The van der Waals surface area contributed by atoms with Crippen LogP contribution in [0, 0.1) is 29.6 Å². The van der Waals surface area contributed by atoms with Crippen LogP contribution in [0.25, 0.3) is 54.9 Å². The molecular weight excluding hydrogens is 763 g/mol. The van der Waals surface area contributed by atoms with E-state index in [1.807, 2.05) is 0 Å². The molecular formula is C59H55BN2O. The van der Waals surface area contributed by atoms with Gasteiger partial charge in [-0.25, -0.2) is 0 Å². The van der Waals surface area contributed by atoms with Crippen LogP contribution in [-0.4, -0.2) is 11.3 Å². The second-order valence-electron chi connectivity index (χ2n) is 23.1. The van der Waals surface area contributed by atoms with E-state index in [9.17, 15) is 0 Å². The Morgan fingerprint density at radius 2 is 1.35 bits per heavy atom. The summed E-state index contributed by atoms with van der Waals surface area (Å²) >= 11 is 0. The van der Waals surface area contributed by atoms with Crippen LogP contribution < -0.4 is 15.8 Å². The zero-order valence-corrected chi connectivity index (χ0v) is 37.1. The van der Waals surface area contributed by atoms with Crippen molar-refractivity contribution in [3.63, 3.8) is 0 Å². The smallest absolute Gasteiger partial charge is 0.333 e. The molecule has 4 heteroatoms. The molecule has 6 saturated carbocycles. The van der Waals surface area contributed by atoms with Crippen molar-refractivity contribution in [2.75, 3.05) is 4.90 Å². The molecule has 17 rings (SSSR count). The van der Waals surface area contributed by atoms with E-state index < -0.39 is 0 Å². The number of rotatable bonds is 3. The minimum Gasteiger partial charge on any atom is -0.455 e. The quantitative estimate of drug-likeness (QED) is 0.166. The van der Waals surface area contributed by atoms with Gasteiger partial charge in [0, 0.05) is 60.5 Å². The van der Waals surface area contributed by atoms with Crippen LogP contribution in [0.5, 0.6) is 0 Å². The minimum atomic E-state index is -0.151. The highest BCUT2D eigenvalue weighted by Gasteiger charge is 2.54. The first-order valence-electron chi connectivity index (χ1n) is 24.9. The van der Waals surface area contributed by atoms with Gasteiger partial charge < -0.3 is 13.8 Å². The van der Waals surface area contributed by atoms with Crippen molar-refractivity contribution in [2.45, 2.75) is 114 Å². The van der Waals surface area contributed by atoms with E-state index in [-0.39, 0.29) is 23.1 Å². The molecule has 0 saturated heterocycles. The van der Waals surface area contributed by atoms with Crippen LogP contribution >= 0.6 is 0 Å². The monoisotopic (exact) mass is 818 g/mol. The molecule has 3 nitrogen and oxygen atoms in total. The zero-order valence-electron chi connectivity index (χ0n) is 37.1. The molecule has 2 unspecified atom stereocenters. The van der Waals surface area contributed by atoms with Crippen molar-refractivity contribution in [1.82, 2.24) is 4.48 Å². The van der Waals surface area contributed by atoms with Crippen LogP contribution in [0.1, 0.15) is 120 Å². The second-order valence-corrected chi connectivity index (χ2v) is 23.1. The van der Waals surface area contributed by atoms with Gasteiger partial charge in [0.25, 0.3) is 0 Å². The normalized spacial score (nSPS) is 29.9. The molecule has 2 aromatic heterocycles. The van der Waals surface area contributed by atoms with Gasteiger partial charge >= 0.3 is 6.85 Å². The van der Waals surface area contributed by atoms with E-state index in [1.165, 1.54) is 160 Å². The van der Waals surface area contributed by atoms with Gasteiger partial charge in [0.2, 0.25) is 0 Å². The molecule has 3 aliphatic heterocycles. The molecule has 6 aromatic carbocycles. The maximum Gasteiger partial charge on any atom is 0.333 e. The van der Waals surface area contributed by atoms with E-state index >= 15 is 0 Å². The van der Waals surface area contributed by atoms with Gasteiger partial charge in [-0.1, -0.05) is 94.3 Å². The lowest BCUT2D eigenvalue weighted by Crippen LogP contribution is -2.58. The highest BCUT2D eigenvalue weighted by molar-refractivity contribution is 6.90. The average Bonchev–Trinajstić information content (AvgIpc) is 3.96. The summed E-state index contributed by atoms with van der Waals surface area (Å²) in [5, 5.41) is 5.41. The molecule has 310 valence electrons. The molecule has 6 fully saturated rings. The Labute approximate surface area is 370 Å². The number of para-hydroxylation sites is 3. The van der Waals surface area contributed by atoms with E-state index in [0.717, 1.165) is 40.8 Å². The highest BCUT2D eigenvalue weighted by atomic mass is 16.3. The van der Waals surface area contributed by atoms with Crippen molar-refractivity contribution in [1.29, 1.82) is 0 Å². The number of anilines is 3. The van der Waals surface area contributed by atoms with Gasteiger partial charge in [-0.3, -0.25) is 0 Å². The summed E-state index contributed by atoms with van der Waals surface area (Å²) in [5.74, 6) is 4.42. The van der Waals surface area contributed by atoms with E-state index in [0.29, 0.717) is 0 Å². The van der Waals surface area contributed by atoms with Gasteiger partial charge in [-0.2, -0.15) is 0 Å². The summed E-state index contributed by atoms with van der Waals surface area (Å²) in [6.07, 6.45) is 16.7. The summed E-state index contributed by atoms with van der Waals surface area (Å²) in [4.78, 5) is 2.68. The Hall–Kier alpha value is -5.22. The Balaban J connectivity index is 1.07. The summed E-state index contributed by atoms with van der Waals surface area (Å²) in [7, 11) is 0. The van der Waals surface area contributed by atoms with Gasteiger partial charge in [-0.05, 0) is 180 Å². The topological polar surface area (TPSA) is 21.3 Å². The van der Waals surface area contributed by atoms with Crippen LogP contribution in [0.3, 0.4) is 0 Å². The Bertz CT molecular complexity index is 3330.